The fraction of sp³-hybridized carbons (Fsp3) is 0.167. The van der Waals surface area contributed by atoms with Gasteiger partial charge in [-0.25, -0.2) is 4.79 Å². The number of terminal acetylenes is 1. The molecule has 0 unspecified atom stereocenters. The van der Waals surface area contributed by atoms with Crippen molar-refractivity contribution in [1.29, 1.82) is 5.26 Å². The van der Waals surface area contributed by atoms with Gasteiger partial charge >= 0.3 is 5.97 Å². The molecule has 15 heavy (non-hydrogen) atoms. The Labute approximate surface area is 88.3 Å². The summed E-state index contributed by atoms with van der Waals surface area (Å²) >= 11 is 0. The van der Waals surface area contributed by atoms with Crippen LogP contribution in [0.1, 0.15) is 22.8 Å². The Balaban J connectivity index is 2.76. The standard InChI is InChI=1S/C12H9NO2/c1-3-9(2)15-12(14)11-6-4-10(8-13)5-7-11/h1,4-7,9H,2H3/t9-/m1/s1. The van der Waals surface area contributed by atoms with Crippen LogP contribution in [-0.2, 0) is 4.74 Å². The summed E-state index contributed by atoms with van der Waals surface area (Å²) in [6.45, 7) is 1.61. The fourth-order valence-electron chi connectivity index (χ4n) is 0.943. The smallest absolute Gasteiger partial charge is 0.339 e. The number of carbonyl (C=O) groups excluding carboxylic acids is 1. The van der Waals surface area contributed by atoms with E-state index < -0.39 is 12.1 Å². The van der Waals surface area contributed by atoms with E-state index >= 15 is 0 Å². The lowest BCUT2D eigenvalue weighted by Gasteiger charge is -2.06. The number of nitrogens with zero attached hydrogens (tertiary/aromatic N) is 1. The first-order valence-electron chi connectivity index (χ1n) is 4.34. The Kier molecular flexibility index (Phi) is 3.49. The third-order valence-corrected chi connectivity index (χ3v) is 1.77. The second-order valence-electron chi connectivity index (χ2n) is 2.90. The second-order valence-corrected chi connectivity index (χ2v) is 2.90. The Morgan fingerprint density at radius 1 is 1.47 bits per heavy atom. The second kappa shape index (κ2) is 4.83. The molecule has 3 nitrogen and oxygen atoms in total. The van der Waals surface area contributed by atoms with Crippen molar-refractivity contribution in [2.75, 3.05) is 0 Å². The maximum absolute atomic E-state index is 11.4. The van der Waals surface area contributed by atoms with Gasteiger partial charge in [0.05, 0.1) is 17.2 Å². The fourth-order valence-corrected chi connectivity index (χ4v) is 0.943. The number of esters is 1. The highest BCUT2D eigenvalue weighted by Crippen LogP contribution is 2.06. The number of hydrogen-bond acceptors (Lipinski definition) is 3. The molecule has 0 N–H and O–H groups in total. The summed E-state index contributed by atoms with van der Waals surface area (Å²) < 4.78 is 4.90. The minimum absolute atomic E-state index is 0.385. The van der Waals surface area contributed by atoms with Crippen LogP contribution in [0.4, 0.5) is 0 Å². The van der Waals surface area contributed by atoms with Gasteiger partial charge in [0.25, 0.3) is 0 Å². The first-order valence-corrected chi connectivity index (χ1v) is 4.34. The van der Waals surface area contributed by atoms with Gasteiger partial charge in [0.15, 0.2) is 6.10 Å². The van der Waals surface area contributed by atoms with Crippen LogP contribution in [0.2, 0.25) is 0 Å². The molecule has 0 saturated heterocycles. The van der Waals surface area contributed by atoms with Crippen molar-refractivity contribution in [3.8, 4) is 18.4 Å². The molecule has 0 bridgehead atoms. The molecule has 0 aliphatic carbocycles. The van der Waals surface area contributed by atoms with E-state index in [-0.39, 0.29) is 0 Å². The lowest BCUT2D eigenvalue weighted by Crippen LogP contribution is -2.12. The summed E-state index contributed by atoms with van der Waals surface area (Å²) in [5.41, 5.74) is 0.882. The van der Waals surface area contributed by atoms with Crippen LogP contribution in [0, 0.1) is 23.7 Å². The van der Waals surface area contributed by atoms with Crippen molar-refractivity contribution in [2.45, 2.75) is 13.0 Å². The van der Waals surface area contributed by atoms with Gasteiger partial charge in [-0.3, -0.25) is 0 Å². The number of carbonyl (C=O) groups is 1. The van der Waals surface area contributed by atoms with Gasteiger partial charge in [-0.05, 0) is 31.2 Å². The molecule has 0 radical (unpaired) electrons. The van der Waals surface area contributed by atoms with E-state index in [9.17, 15) is 4.79 Å². The summed E-state index contributed by atoms with van der Waals surface area (Å²) in [4.78, 5) is 11.4. The van der Waals surface area contributed by atoms with Crippen molar-refractivity contribution in [2.24, 2.45) is 0 Å². The van der Waals surface area contributed by atoms with E-state index in [0.717, 1.165) is 0 Å². The number of benzene rings is 1. The molecule has 0 heterocycles. The number of hydrogen-bond donors (Lipinski definition) is 0. The first kappa shape index (κ1) is 10.8. The van der Waals surface area contributed by atoms with Gasteiger partial charge in [0.1, 0.15) is 0 Å². The zero-order chi connectivity index (χ0) is 11.3. The van der Waals surface area contributed by atoms with Crippen LogP contribution in [0.3, 0.4) is 0 Å². The zero-order valence-corrected chi connectivity index (χ0v) is 8.23. The lowest BCUT2D eigenvalue weighted by atomic mass is 10.1. The Morgan fingerprint density at radius 3 is 2.53 bits per heavy atom. The van der Waals surface area contributed by atoms with Gasteiger partial charge < -0.3 is 4.74 Å². The van der Waals surface area contributed by atoms with Gasteiger partial charge in [-0.2, -0.15) is 5.26 Å². The average molecular weight is 199 g/mol. The van der Waals surface area contributed by atoms with Gasteiger partial charge in [-0.15, -0.1) is 6.42 Å². The predicted molar refractivity (Wildman–Crippen MR) is 54.9 cm³/mol. The molecule has 0 spiro atoms. The molecule has 0 fully saturated rings. The normalized spacial score (nSPS) is 10.9. The minimum Gasteiger partial charge on any atom is -0.446 e. The lowest BCUT2D eigenvalue weighted by molar-refractivity contribution is 0.0439. The number of nitriles is 1. The number of ether oxygens (including phenoxy) is 1. The molecular formula is C12H9NO2. The molecule has 3 heteroatoms. The summed E-state index contributed by atoms with van der Waals surface area (Å²) in [5, 5.41) is 8.56. The molecule has 0 aromatic heterocycles. The highest BCUT2D eigenvalue weighted by Gasteiger charge is 2.09. The van der Waals surface area contributed by atoms with Crippen LogP contribution >= 0.6 is 0 Å². The molecule has 0 saturated carbocycles. The third kappa shape index (κ3) is 2.86. The predicted octanol–water partition coefficient (Wildman–Crippen LogP) is 1.74. The third-order valence-electron chi connectivity index (χ3n) is 1.77. The highest BCUT2D eigenvalue weighted by molar-refractivity contribution is 5.89. The average Bonchev–Trinajstić information content (AvgIpc) is 2.29. The van der Waals surface area contributed by atoms with Crippen LogP contribution in [0.25, 0.3) is 0 Å². The van der Waals surface area contributed by atoms with Crippen molar-refractivity contribution < 1.29 is 9.53 Å². The SMILES string of the molecule is C#C[C@@H](C)OC(=O)c1ccc(C#N)cc1. The molecular weight excluding hydrogens is 190 g/mol. The van der Waals surface area contributed by atoms with Crippen LogP contribution in [0.15, 0.2) is 24.3 Å². The summed E-state index contributed by atoms with van der Waals surface area (Å²) in [7, 11) is 0. The maximum atomic E-state index is 11.4. The van der Waals surface area contributed by atoms with E-state index in [1.165, 1.54) is 12.1 Å². The van der Waals surface area contributed by atoms with Crippen molar-refractivity contribution in [3.05, 3.63) is 35.4 Å². The van der Waals surface area contributed by atoms with E-state index in [1.54, 1.807) is 19.1 Å². The Morgan fingerprint density at radius 2 is 2.07 bits per heavy atom. The molecule has 0 aliphatic heterocycles. The van der Waals surface area contributed by atoms with Gasteiger partial charge in [0, 0.05) is 0 Å². The van der Waals surface area contributed by atoms with E-state index in [2.05, 4.69) is 5.92 Å². The Bertz CT molecular complexity index is 434. The van der Waals surface area contributed by atoms with Crippen LogP contribution in [-0.4, -0.2) is 12.1 Å². The quantitative estimate of drug-likeness (QED) is 0.538. The molecule has 74 valence electrons. The Hall–Kier alpha value is -2.26. The van der Waals surface area contributed by atoms with E-state index in [0.29, 0.717) is 11.1 Å². The van der Waals surface area contributed by atoms with E-state index in [4.69, 9.17) is 16.4 Å². The topological polar surface area (TPSA) is 50.1 Å². The van der Waals surface area contributed by atoms with Crippen LogP contribution in [0.5, 0.6) is 0 Å². The molecule has 1 rings (SSSR count). The summed E-state index contributed by atoms with van der Waals surface area (Å²) in [5.74, 6) is 1.81. The molecule has 1 atom stereocenters. The molecule has 1 aromatic carbocycles. The summed E-state index contributed by atoms with van der Waals surface area (Å²) in [6, 6.07) is 8.13. The zero-order valence-electron chi connectivity index (χ0n) is 8.23. The number of rotatable bonds is 2. The molecule has 0 amide bonds. The van der Waals surface area contributed by atoms with E-state index in [1.807, 2.05) is 6.07 Å². The van der Waals surface area contributed by atoms with Gasteiger partial charge in [0.2, 0.25) is 0 Å². The van der Waals surface area contributed by atoms with Gasteiger partial charge in [-0.1, -0.05) is 5.92 Å². The largest absolute Gasteiger partial charge is 0.446 e. The van der Waals surface area contributed by atoms with Crippen LogP contribution < -0.4 is 0 Å². The minimum atomic E-state index is -0.548. The van der Waals surface area contributed by atoms with Crippen molar-refractivity contribution in [1.82, 2.24) is 0 Å². The summed E-state index contributed by atoms with van der Waals surface area (Å²) in [6.07, 6.45) is 4.53. The molecule has 0 aliphatic rings. The van der Waals surface area contributed by atoms with Crippen molar-refractivity contribution >= 4 is 5.97 Å². The maximum Gasteiger partial charge on any atom is 0.339 e. The van der Waals surface area contributed by atoms with Crippen molar-refractivity contribution in [3.63, 3.8) is 0 Å². The highest BCUT2D eigenvalue weighted by atomic mass is 16.5. The first-order chi connectivity index (χ1) is 7.17. The molecule has 1 aromatic rings. The monoisotopic (exact) mass is 199 g/mol.